The summed E-state index contributed by atoms with van der Waals surface area (Å²) in [7, 11) is 1.47. The molecule has 2 aromatic rings. The minimum atomic E-state index is -0.420. The van der Waals surface area contributed by atoms with Crippen LogP contribution in [0.5, 0.6) is 5.75 Å². The molecule has 1 N–H and O–H groups in total. The van der Waals surface area contributed by atoms with Crippen molar-refractivity contribution in [2.75, 3.05) is 38.2 Å². The Kier molecular flexibility index (Phi) is 7.11. The maximum atomic E-state index is 12.5. The zero-order chi connectivity index (χ0) is 21.8. The minimum Gasteiger partial charge on any atom is -0.496 e. The molecule has 0 aliphatic carbocycles. The van der Waals surface area contributed by atoms with Gasteiger partial charge in [-0.3, -0.25) is 20.2 Å². The third kappa shape index (κ3) is 5.00. The standard InChI is InChI=1S/C19H18BrClN4O4S/c1-29-13-3-5-16(17(11-13)25(27)28)23-6-8-24(9-7-23)19(30)22-18(26)14-10-12(20)2-4-15(14)21/h2-5,10-11H,6-9H2,1H3,(H,22,26,30). The summed E-state index contributed by atoms with van der Waals surface area (Å²) >= 11 is 14.8. The van der Waals surface area contributed by atoms with Gasteiger partial charge in [-0.25, -0.2) is 0 Å². The van der Waals surface area contributed by atoms with Gasteiger partial charge in [-0.05, 0) is 42.5 Å². The van der Waals surface area contributed by atoms with E-state index in [0.717, 1.165) is 4.47 Å². The van der Waals surface area contributed by atoms with Gasteiger partial charge in [-0.1, -0.05) is 27.5 Å². The summed E-state index contributed by atoms with van der Waals surface area (Å²) in [4.78, 5) is 27.3. The lowest BCUT2D eigenvalue weighted by molar-refractivity contribution is -0.384. The number of nitro groups is 1. The van der Waals surface area contributed by atoms with E-state index in [4.69, 9.17) is 28.6 Å². The fraction of sp³-hybridized carbons (Fsp3) is 0.263. The first kappa shape index (κ1) is 22.3. The zero-order valence-corrected chi connectivity index (χ0v) is 19.1. The van der Waals surface area contributed by atoms with Gasteiger partial charge in [0.15, 0.2) is 5.11 Å². The van der Waals surface area contributed by atoms with Crippen molar-refractivity contribution in [1.82, 2.24) is 10.2 Å². The number of carbonyl (C=O) groups is 1. The van der Waals surface area contributed by atoms with Crippen molar-refractivity contribution >= 4 is 62.1 Å². The zero-order valence-electron chi connectivity index (χ0n) is 15.9. The molecule has 1 fully saturated rings. The van der Waals surface area contributed by atoms with Gasteiger partial charge in [0.2, 0.25) is 0 Å². The number of benzene rings is 2. The molecule has 0 spiro atoms. The number of carbonyl (C=O) groups excluding carboxylic acids is 1. The van der Waals surface area contributed by atoms with E-state index >= 15 is 0 Å². The molecule has 3 rings (SSSR count). The van der Waals surface area contributed by atoms with Gasteiger partial charge in [0.25, 0.3) is 11.6 Å². The molecule has 0 saturated carbocycles. The summed E-state index contributed by atoms with van der Waals surface area (Å²) in [6, 6.07) is 9.79. The highest BCUT2D eigenvalue weighted by Gasteiger charge is 2.26. The van der Waals surface area contributed by atoms with Crippen LogP contribution in [0, 0.1) is 10.1 Å². The predicted octanol–water partition coefficient (Wildman–Crippen LogP) is 3.86. The van der Waals surface area contributed by atoms with Crippen LogP contribution >= 0.6 is 39.7 Å². The molecule has 158 valence electrons. The molecule has 1 heterocycles. The number of rotatable bonds is 4. The first-order valence-corrected chi connectivity index (χ1v) is 10.5. The van der Waals surface area contributed by atoms with Gasteiger partial charge in [-0.15, -0.1) is 0 Å². The predicted molar refractivity (Wildman–Crippen MR) is 123 cm³/mol. The SMILES string of the molecule is COc1ccc(N2CCN(C(=S)NC(=O)c3cc(Br)ccc3Cl)CC2)c([N+](=O)[O-])c1. The molecule has 2 aromatic carbocycles. The van der Waals surface area contributed by atoms with Crippen molar-refractivity contribution in [1.29, 1.82) is 0 Å². The van der Waals surface area contributed by atoms with Gasteiger partial charge >= 0.3 is 0 Å². The number of anilines is 1. The van der Waals surface area contributed by atoms with Gasteiger partial charge in [0.1, 0.15) is 11.4 Å². The number of hydrogen-bond acceptors (Lipinski definition) is 6. The number of ether oxygens (including phenoxy) is 1. The number of nitro benzene ring substituents is 1. The second kappa shape index (κ2) is 9.59. The van der Waals surface area contributed by atoms with E-state index in [1.165, 1.54) is 13.2 Å². The summed E-state index contributed by atoms with van der Waals surface area (Å²) in [5.74, 6) is 0.0405. The second-order valence-electron chi connectivity index (χ2n) is 6.47. The molecule has 11 heteroatoms. The largest absolute Gasteiger partial charge is 0.496 e. The Bertz CT molecular complexity index is 998. The van der Waals surface area contributed by atoms with Crippen LogP contribution in [-0.2, 0) is 0 Å². The Morgan fingerprint density at radius 1 is 1.23 bits per heavy atom. The molecule has 1 saturated heterocycles. The maximum Gasteiger partial charge on any atom is 0.296 e. The van der Waals surface area contributed by atoms with Crippen molar-refractivity contribution < 1.29 is 14.5 Å². The van der Waals surface area contributed by atoms with Gasteiger partial charge in [0.05, 0.1) is 28.7 Å². The molecule has 0 atom stereocenters. The van der Waals surface area contributed by atoms with Crippen LogP contribution in [0.3, 0.4) is 0 Å². The molecule has 0 aromatic heterocycles. The second-order valence-corrected chi connectivity index (χ2v) is 8.18. The topological polar surface area (TPSA) is 88.0 Å². The van der Waals surface area contributed by atoms with E-state index in [0.29, 0.717) is 53.3 Å². The summed E-state index contributed by atoms with van der Waals surface area (Å²) in [6.07, 6.45) is 0. The number of piperazine rings is 1. The average Bonchev–Trinajstić information content (AvgIpc) is 2.74. The Balaban J connectivity index is 1.64. The van der Waals surface area contributed by atoms with Gasteiger partial charge in [0, 0.05) is 30.7 Å². The summed E-state index contributed by atoms with van der Waals surface area (Å²) < 4.78 is 5.82. The molecule has 1 amide bonds. The van der Waals surface area contributed by atoms with Crippen molar-refractivity contribution in [3.8, 4) is 5.75 Å². The molecule has 30 heavy (non-hydrogen) atoms. The Morgan fingerprint density at radius 2 is 1.93 bits per heavy atom. The summed E-state index contributed by atoms with van der Waals surface area (Å²) in [6.45, 7) is 2.05. The quantitative estimate of drug-likeness (QED) is 0.377. The fourth-order valence-electron chi connectivity index (χ4n) is 3.11. The van der Waals surface area contributed by atoms with Crippen LogP contribution in [0.15, 0.2) is 40.9 Å². The van der Waals surface area contributed by atoms with Crippen LogP contribution in [0.1, 0.15) is 10.4 Å². The van der Waals surface area contributed by atoms with Crippen molar-refractivity contribution in [2.24, 2.45) is 0 Å². The molecule has 0 unspecified atom stereocenters. The highest BCUT2D eigenvalue weighted by molar-refractivity contribution is 9.10. The van der Waals surface area contributed by atoms with E-state index < -0.39 is 4.92 Å². The number of amides is 1. The molecule has 0 bridgehead atoms. The monoisotopic (exact) mass is 512 g/mol. The first-order valence-electron chi connectivity index (χ1n) is 8.93. The number of thiocarbonyl (C=S) groups is 1. The summed E-state index contributed by atoms with van der Waals surface area (Å²) in [5.41, 5.74) is 0.834. The maximum absolute atomic E-state index is 12.5. The van der Waals surface area contributed by atoms with Crippen LogP contribution in [0.25, 0.3) is 0 Å². The van der Waals surface area contributed by atoms with E-state index in [1.54, 1.807) is 30.3 Å². The number of nitrogens with one attached hydrogen (secondary N) is 1. The van der Waals surface area contributed by atoms with Crippen molar-refractivity contribution in [2.45, 2.75) is 0 Å². The highest BCUT2D eigenvalue weighted by Crippen LogP contribution is 2.32. The van der Waals surface area contributed by atoms with E-state index in [2.05, 4.69) is 21.2 Å². The normalized spacial score (nSPS) is 13.7. The molecular formula is C19H18BrClN4O4S. The van der Waals surface area contributed by atoms with Crippen molar-refractivity contribution in [3.05, 3.63) is 61.6 Å². The molecular weight excluding hydrogens is 496 g/mol. The summed E-state index contributed by atoms with van der Waals surface area (Å²) in [5, 5.41) is 14.8. The minimum absolute atomic E-state index is 0.0111. The lowest BCUT2D eigenvalue weighted by atomic mass is 10.2. The number of methoxy groups -OCH3 is 1. The lowest BCUT2D eigenvalue weighted by Gasteiger charge is -2.37. The molecule has 8 nitrogen and oxygen atoms in total. The first-order chi connectivity index (χ1) is 14.3. The Labute approximate surface area is 192 Å². The van der Waals surface area contributed by atoms with E-state index in [9.17, 15) is 14.9 Å². The fourth-order valence-corrected chi connectivity index (χ4v) is 3.95. The third-order valence-electron chi connectivity index (χ3n) is 4.68. The molecule has 1 aliphatic rings. The Hall–Kier alpha value is -2.43. The molecule has 0 radical (unpaired) electrons. The number of halogens is 2. The third-order valence-corrected chi connectivity index (χ3v) is 5.86. The van der Waals surface area contributed by atoms with Crippen LogP contribution < -0.4 is 15.0 Å². The number of hydrogen-bond donors (Lipinski definition) is 1. The van der Waals surface area contributed by atoms with Crippen LogP contribution in [-0.4, -0.2) is 54.1 Å². The van der Waals surface area contributed by atoms with E-state index in [-0.39, 0.29) is 11.6 Å². The number of nitrogens with zero attached hydrogens (tertiary/aromatic N) is 3. The lowest BCUT2D eigenvalue weighted by Crippen LogP contribution is -2.52. The average molecular weight is 514 g/mol. The van der Waals surface area contributed by atoms with Gasteiger partial charge < -0.3 is 14.5 Å². The van der Waals surface area contributed by atoms with Crippen molar-refractivity contribution in [3.63, 3.8) is 0 Å². The van der Waals surface area contributed by atoms with Crippen LogP contribution in [0.2, 0.25) is 5.02 Å². The Morgan fingerprint density at radius 3 is 2.57 bits per heavy atom. The smallest absolute Gasteiger partial charge is 0.296 e. The van der Waals surface area contributed by atoms with Crippen LogP contribution in [0.4, 0.5) is 11.4 Å². The van der Waals surface area contributed by atoms with E-state index in [1.807, 2.05) is 9.80 Å². The van der Waals surface area contributed by atoms with Gasteiger partial charge in [-0.2, -0.15) is 0 Å². The molecule has 1 aliphatic heterocycles. The highest BCUT2D eigenvalue weighted by atomic mass is 79.9.